The monoisotopic (exact) mass is 314 g/mol. The zero-order valence-corrected chi connectivity index (χ0v) is 12.8. The molecule has 0 aliphatic carbocycles. The third-order valence-electron chi connectivity index (χ3n) is 3.37. The topological polar surface area (TPSA) is 66.5 Å². The van der Waals surface area contributed by atoms with Crippen LogP contribution < -0.4 is 4.72 Å². The number of sulfonamides is 1. The van der Waals surface area contributed by atoms with Crippen molar-refractivity contribution >= 4 is 27.3 Å². The average molecular weight is 314 g/mol. The first-order valence-corrected chi connectivity index (χ1v) is 8.94. The standard InChI is InChI=1S/C13H18N2O3S2/c1-2-20(17,18)14-8-11-4-3-6-15(9-11)13(16)12-5-7-19-10-12/h2,5,7,10-11,14H,1,3-4,6,8-9H2. The van der Waals surface area contributed by atoms with Crippen LogP contribution in [0.4, 0.5) is 0 Å². The number of carbonyl (C=O) groups is 1. The van der Waals surface area contributed by atoms with Crippen LogP contribution in [-0.2, 0) is 10.0 Å². The molecule has 5 nitrogen and oxygen atoms in total. The highest BCUT2D eigenvalue weighted by atomic mass is 32.2. The fourth-order valence-corrected chi connectivity index (χ4v) is 3.49. The number of carbonyl (C=O) groups excluding carboxylic acids is 1. The van der Waals surface area contributed by atoms with Gasteiger partial charge < -0.3 is 4.90 Å². The van der Waals surface area contributed by atoms with Gasteiger partial charge in [0, 0.05) is 30.4 Å². The first-order chi connectivity index (χ1) is 9.52. The van der Waals surface area contributed by atoms with Gasteiger partial charge >= 0.3 is 0 Å². The number of rotatable bonds is 5. The Bertz CT molecular complexity index is 566. The summed E-state index contributed by atoms with van der Waals surface area (Å²) in [5.41, 5.74) is 0.710. The largest absolute Gasteiger partial charge is 0.338 e. The van der Waals surface area contributed by atoms with Gasteiger partial charge in [-0.1, -0.05) is 6.58 Å². The van der Waals surface area contributed by atoms with E-state index >= 15 is 0 Å². The molecule has 0 aromatic carbocycles. The molecule has 2 heterocycles. The maximum Gasteiger partial charge on any atom is 0.254 e. The first kappa shape index (κ1) is 15.2. The first-order valence-electron chi connectivity index (χ1n) is 6.45. The van der Waals surface area contributed by atoms with Crippen molar-refractivity contribution in [3.8, 4) is 0 Å². The van der Waals surface area contributed by atoms with E-state index in [1.165, 1.54) is 11.3 Å². The number of amides is 1. The molecule has 7 heteroatoms. The third kappa shape index (κ3) is 3.91. The lowest BCUT2D eigenvalue weighted by molar-refractivity contribution is 0.0677. The van der Waals surface area contributed by atoms with Crippen LogP contribution in [0.25, 0.3) is 0 Å². The summed E-state index contributed by atoms with van der Waals surface area (Å²) in [5.74, 6) is 0.184. The summed E-state index contributed by atoms with van der Waals surface area (Å²) in [5, 5.41) is 4.63. The van der Waals surface area contributed by atoms with Gasteiger partial charge in [0.1, 0.15) is 0 Å². The fraction of sp³-hybridized carbons (Fsp3) is 0.462. The zero-order valence-electron chi connectivity index (χ0n) is 11.1. The molecule has 0 bridgehead atoms. The maximum absolute atomic E-state index is 12.2. The Morgan fingerprint density at radius 1 is 1.60 bits per heavy atom. The van der Waals surface area contributed by atoms with Crippen LogP contribution in [0.5, 0.6) is 0 Å². The highest BCUT2D eigenvalue weighted by molar-refractivity contribution is 7.92. The molecule has 0 spiro atoms. The van der Waals surface area contributed by atoms with Gasteiger partial charge in [0.15, 0.2) is 0 Å². The van der Waals surface area contributed by atoms with Crippen molar-refractivity contribution in [2.24, 2.45) is 5.92 Å². The van der Waals surface area contributed by atoms with Gasteiger partial charge in [-0.3, -0.25) is 4.79 Å². The lowest BCUT2D eigenvalue weighted by Gasteiger charge is -2.32. The van der Waals surface area contributed by atoms with Crippen molar-refractivity contribution in [1.82, 2.24) is 9.62 Å². The molecule has 1 aliphatic heterocycles. The van der Waals surface area contributed by atoms with Crippen molar-refractivity contribution in [1.29, 1.82) is 0 Å². The molecule has 1 unspecified atom stereocenters. The van der Waals surface area contributed by atoms with Gasteiger partial charge in [0.05, 0.1) is 5.56 Å². The van der Waals surface area contributed by atoms with E-state index in [-0.39, 0.29) is 11.8 Å². The molecule has 1 aliphatic rings. The molecule has 1 aromatic rings. The van der Waals surface area contributed by atoms with E-state index in [0.717, 1.165) is 24.8 Å². The van der Waals surface area contributed by atoms with Crippen LogP contribution >= 0.6 is 11.3 Å². The van der Waals surface area contributed by atoms with E-state index in [2.05, 4.69) is 11.3 Å². The molecule has 1 atom stereocenters. The Balaban J connectivity index is 1.92. The minimum Gasteiger partial charge on any atom is -0.338 e. The van der Waals surface area contributed by atoms with Crippen molar-refractivity contribution in [3.63, 3.8) is 0 Å². The van der Waals surface area contributed by atoms with Crippen LogP contribution in [0.2, 0.25) is 0 Å². The molecular weight excluding hydrogens is 296 g/mol. The Kier molecular flexibility index (Phi) is 4.95. The number of hydrogen-bond donors (Lipinski definition) is 1. The Labute approximate surface area is 123 Å². The lowest BCUT2D eigenvalue weighted by atomic mass is 9.98. The SMILES string of the molecule is C=CS(=O)(=O)NCC1CCCN(C(=O)c2ccsc2)C1. The number of piperidine rings is 1. The number of thiophene rings is 1. The maximum atomic E-state index is 12.2. The highest BCUT2D eigenvalue weighted by Crippen LogP contribution is 2.19. The van der Waals surface area contributed by atoms with Gasteiger partial charge in [0.25, 0.3) is 5.91 Å². The van der Waals surface area contributed by atoms with Gasteiger partial charge in [-0.05, 0) is 30.2 Å². The Morgan fingerprint density at radius 2 is 2.40 bits per heavy atom. The predicted molar refractivity (Wildman–Crippen MR) is 80.1 cm³/mol. The van der Waals surface area contributed by atoms with E-state index in [1.807, 2.05) is 16.8 Å². The minimum atomic E-state index is -3.39. The summed E-state index contributed by atoms with van der Waals surface area (Å²) < 4.78 is 25.2. The van der Waals surface area contributed by atoms with Gasteiger partial charge in [-0.25, -0.2) is 13.1 Å². The van der Waals surface area contributed by atoms with Crippen molar-refractivity contribution < 1.29 is 13.2 Å². The number of nitrogens with one attached hydrogen (secondary N) is 1. The summed E-state index contributed by atoms with van der Waals surface area (Å²) in [4.78, 5) is 14.0. The smallest absolute Gasteiger partial charge is 0.254 e. The predicted octanol–water partition coefficient (Wildman–Crippen LogP) is 1.66. The van der Waals surface area contributed by atoms with E-state index in [4.69, 9.17) is 0 Å². The molecule has 2 rings (SSSR count). The Hall–Kier alpha value is -1.18. The number of nitrogens with zero attached hydrogens (tertiary/aromatic N) is 1. The second kappa shape index (κ2) is 6.51. The summed E-state index contributed by atoms with van der Waals surface area (Å²) in [6.45, 7) is 4.94. The molecule has 0 saturated carbocycles. The molecule has 1 fully saturated rings. The molecule has 1 N–H and O–H groups in total. The van der Waals surface area contributed by atoms with E-state index in [1.54, 1.807) is 4.90 Å². The second-order valence-corrected chi connectivity index (χ2v) is 7.32. The van der Waals surface area contributed by atoms with Crippen LogP contribution in [-0.4, -0.2) is 38.9 Å². The van der Waals surface area contributed by atoms with Crippen molar-refractivity contribution in [3.05, 3.63) is 34.4 Å². The summed E-state index contributed by atoms with van der Waals surface area (Å²) in [7, 11) is -3.39. The van der Waals surface area contributed by atoms with Crippen LogP contribution in [0.1, 0.15) is 23.2 Å². The molecule has 0 radical (unpaired) electrons. The minimum absolute atomic E-state index is 0.0301. The van der Waals surface area contributed by atoms with Crippen LogP contribution in [0.15, 0.2) is 28.8 Å². The lowest BCUT2D eigenvalue weighted by Crippen LogP contribution is -2.43. The van der Waals surface area contributed by atoms with E-state index in [0.29, 0.717) is 18.7 Å². The van der Waals surface area contributed by atoms with Gasteiger partial charge in [0.2, 0.25) is 10.0 Å². The average Bonchev–Trinajstić information content (AvgIpc) is 2.99. The zero-order chi connectivity index (χ0) is 14.6. The number of likely N-dealkylation sites (tertiary alicyclic amines) is 1. The van der Waals surface area contributed by atoms with Crippen LogP contribution in [0, 0.1) is 5.92 Å². The van der Waals surface area contributed by atoms with Crippen molar-refractivity contribution in [2.75, 3.05) is 19.6 Å². The van der Waals surface area contributed by atoms with E-state index in [9.17, 15) is 13.2 Å². The van der Waals surface area contributed by atoms with Crippen LogP contribution in [0.3, 0.4) is 0 Å². The normalized spacial score (nSPS) is 19.8. The molecular formula is C13H18N2O3S2. The quantitative estimate of drug-likeness (QED) is 0.899. The molecule has 110 valence electrons. The Morgan fingerprint density at radius 3 is 3.05 bits per heavy atom. The van der Waals surface area contributed by atoms with Gasteiger partial charge in [-0.15, -0.1) is 0 Å². The fourth-order valence-electron chi connectivity index (χ4n) is 2.28. The highest BCUT2D eigenvalue weighted by Gasteiger charge is 2.25. The second-order valence-electron chi connectivity index (χ2n) is 4.83. The van der Waals surface area contributed by atoms with Crippen molar-refractivity contribution in [2.45, 2.75) is 12.8 Å². The molecule has 1 saturated heterocycles. The summed E-state index contributed by atoms with van der Waals surface area (Å²) >= 11 is 1.50. The summed E-state index contributed by atoms with van der Waals surface area (Å²) in [6, 6.07) is 1.82. The van der Waals surface area contributed by atoms with E-state index < -0.39 is 10.0 Å². The summed E-state index contributed by atoms with van der Waals surface area (Å²) in [6.07, 6.45) is 1.82. The molecule has 20 heavy (non-hydrogen) atoms. The molecule has 1 aromatic heterocycles. The van der Waals surface area contributed by atoms with Gasteiger partial charge in [-0.2, -0.15) is 11.3 Å². The third-order valence-corrected chi connectivity index (χ3v) is 5.06. The molecule has 1 amide bonds. The number of hydrogen-bond acceptors (Lipinski definition) is 4.